The summed E-state index contributed by atoms with van der Waals surface area (Å²) >= 11 is 0. The summed E-state index contributed by atoms with van der Waals surface area (Å²) in [6, 6.07) is 0. The molecule has 2 heterocycles. The Morgan fingerprint density at radius 1 is 0.393 bits per heavy atom. The number of rotatable bonds is 36. The molecule has 0 aliphatic carbocycles. The molecular weight excluding hydrogens is 757 g/mol. The third kappa shape index (κ3) is 24.1. The number of carbonyl (C=O) groups is 2. The van der Waals surface area contributed by atoms with Gasteiger partial charge in [0.1, 0.15) is 12.2 Å². The number of ether oxygens (including phenoxy) is 3. The molecule has 2 aliphatic rings. The number of hydrogen-bond donors (Lipinski definition) is 0. The van der Waals surface area contributed by atoms with E-state index in [1.54, 1.807) is 0 Å². The highest BCUT2D eigenvalue weighted by molar-refractivity contribution is 5.69. The van der Waals surface area contributed by atoms with Crippen LogP contribution in [0.1, 0.15) is 275 Å². The SMILES string of the molecule is CCCCCCCCCCCCCCCC(=O)OC1CC(C)(C)N(CCOCCN2C(C)(C)CC(OC(=O)CCCCCCCCCCCCCCC)CC2(C)C)C(C)(C)C1. The van der Waals surface area contributed by atoms with E-state index in [4.69, 9.17) is 14.2 Å². The molecule has 0 aromatic heterocycles. The van der Waals surface area contributed by atoms with Gasteiger partial charge in [-0.1, -0.05) is 168 Å². The van der Waals surface area contributed by atoms with Crippen LogP contribution in [-0.2, 0) is 23.8 Å². The van der Waals surface area contributed by atoms with Crippen LogP contribution in [0.3, 0.4) is 0 Å². The van der Waals surface area contributed by atoms with E-state index in [0.29, 0.717) is 26.1 Å². The van der Waals surface area contributed by atoms with Crippen molar-refractivity contribution in [1.82, 2.24) is 9.80 Å². The molecule has 0 unspecified atom stereocenters. The zero-order chi connectivity index (χ0) is 45.0. The molecule has 0 N–H and O–H groups in total. The van der Waals surface area contributed by atoms with Crippen LogP contribution in [0.2, 0.25) is 0 Å². The summed E-state index contributed by atoms with van der Waals surface area (Å²) in [6.45, 7) is 26.0. The van der Waals surface area contributed by atoms with Gasteiger partial charge in [-0.3, -0.25) is 19.4 Å². The van der Waals surface area contributed by atoms with Crippen LogP contribution in [0.5, 0.6) is 0 Å². The summed E-state index contributed by atoms with van der Waals surface area (Å²) in [6.07, 6.45) is 38.4. The van der Waals surface area contributed by atoms with Gasteiger partial charge in [0.25, 0.3) is 0 Å². The van der Waals surface area contributed by atoms with Gasteiger partial charge < -0.3 is 14.2 Å². The Bertz CT molecular complexity index is 1010. The van der Waals surface area contributed by atoms with Crippen LogP contribution in [0, 0.1) is 0 Å². The van der Waals surface area contributed by atoms with E-state index in [1.165, 1.54) is 141 Å². The Labute approximate surface area is 379 Å². The summed E-state index contributed by atoms with van der Waals surface area (Å²) in [7, 11) is 0. The van der Waals surface area contributed by atoms with Crippen molar-refractivity contribution < 1.29 is 23.8 Å². The first-order valence-corrected chi connectivity index (χ1v) is 26.6. The fraction of sp³-hybridized carbons (Fsp3) is 0.963. The molecule has 0 aromatic rings. The Balaban J connectivity index is 1.61. The third-order valence-electron chi connectivity index (χ3n) is 14.3. The summed E-state index contributed by atoms with van der Waals surface area (Å²) in [5.41, 5.74) is -0.383. The lowest BCUT2D eigenvalue weighted by atomic mass is 9.78. The second-order valence-corrected chi connectivity index (χ2v) is 22.2. The zero-order valence-electron chi connectivity index (χ0n) is 42.5. The maximum absolute atomic E-state index is 12.9. The van der Waals surface area contributed by atoms with Crippen molar-refractivity contribution in [3.05, 3.63) is 0 Å². The molecule has 7 heteroatoms. The van der Waals surface area contributed by atoms with Gasteiger partial charge in [0.15, 0.2) is 0 Å². The predicted molar refractivity (Wildman–Crippen MR) is 259 cm³/mol. The number of carbonyl (C=O) groups excluding carboxylic acids is 2. The normalized spacial score (nSPS) is 19.3. The minimum Gasteiger partial charge on any atom is -0.462 e. The maximum atomic E-state index is 12.9. The Hall–Kier alpha value is -1.18. The van der Waals surface area contributed by atoms with Gasteiger partial charge in [0.05, 0.1) is 13.2 Å². The number of likely N-dealkylation sites (tertiary alicyclic amines) is 2. The Kier molecular flexibility index (Phi) is 28.3. The van der Waals surface area contributed by atoms with Gasteiger partial charge >= 0.3 is 11.9 Å². The molecule has 61 heavy (non-hydrogen) atoms. The van der Waals surface area contributed by atoms with E-state index < -0.39 is 0 Å². The van der Waals surface area contributed by atoms with Crippen LogP contribution in [0.15, 0.2) is 0 Å². The highest BCUT2D eigenvalue weighted by atomic mass is 16.5. The second-order valence-electron chi connectivity index (χ2n) is 22.2. The molecule has 2 saturated heterocycles. The van der Waals surface area contributed by atoms with Gasteiger partial charge in [0, 0.05) is 73.8 Å². The largest absolute Gasteiger partial charge is 0.462 e. The van der Waals surface area contributed by atoms with E-state index in [9.17, 15) is 9.59 Å². The molecule has 7 nitrogen and oxygen atoms in total. The Morgan fingerprint density at radius 2 is 0.623 bits per heavy atom. The topological polar surface area (TPSA) is 68.3 Å². The summed E-state index contributed by atoms with van der Waals surface area (Å²) in [5.74, 6) is -0.0379. The van der Waals surface area contributed by atoms with E-state index in [2.05, 4.69) is 79.0 Å². The summed E-state index contributed by atoms with van der Waals surface area (Å²) in [5, 5.41) is 0. The molecule has 0 aromatic carbocycles. The zero-order valence-corrected chi connectivity index (χ0v) is 42.5. The first-order chi connectivity index (χ1) is 29.0. The monoisotopic (exact) mass is 861 g/mol. The lowest BCUT2D eigenvalue weighted by molar-refractivity contribution is -0.161. The molecule has 0 atom stereocenters. The Morgan fingerprint density at radius 3 is 0.869 bits per heavy atom. The lowest BCUT2D eigenvalue weighted by Gasteiger charge is -2.55. The fourth-order valence-electron chi connectivity index (χ4n) is 11.3. The van der Waals surface area contributed by atoms with Crippen molar-refractivity contribution in [2.24, 2.45) is 0 Å². The highest BCUT2D eigenvalue weighted by Crippen LogP contribution is 2.41. The maximum Gasteiger partial charge on any atom is 0.306 e. The molecule has 0 spiro atoms. The summed E-state index contributed by atoms with van der Waals surface area (Å²) < 4.78 is 18.6. The van der Waals surface area contributed by atoms with Crippen molar-refractivity contribution in [2.45, 2.75) is 309 Å². The lowest BCUT2D eigenvalue weighted by Crippen LogP contribution is -2.63. The van der Waals surface area contributed by atoms with Gasteiger partial charge in [-0.15, -0.1) is 0 Å². The average Bonchev–Trinajstić information content (AvgIpc) is 3.16. The molecule has 0 amide bonds. The minimum absolute atomic E-state index is 0.0190. The molecule has 2 aliphatic heterocycles. The van der Waals surface area contributed by atoms with E-state index in [1.807, 2.05) is 0 Å². The highest BCUT2D eigenvalue weighted by Gasteiger charge is 2.47. The van der Waals surface area contributed by atoms with Gasteiger partial charge in [-0.2, -0.15) is 0 Å². The third-order valence-corrected chi connectivity index (χ3v) is 14.3. The average molecular weight is 861 g/mol. The first kappa shape index (κ1) is 56.0. The van der Waals surface area contributed by atoms with E-state index in [0.717, 1.165) is 64.5 Å². The van der Waals surface area contributed by atoms with Crippen LogP contribution >= 0.6 is 0 Å². The van der Waals surface area contributed by atoms with Crippen molar-refractivity contribution in [3.8, 4) is 0 Å². The molecule has 0 radical (unpaired) electrons. The number of hydrogen-bond acceptors (Lipinski definition) is 7. The first-order valence-electron chi connectivity index (χ1n) is 26.6. The predicted octanol–water partition coefficient (Wildman–Crippen LogP) is 15.1. The van der Waals surface area contributed by atoms with E-state index in [-0.39, 0.29) is 46.3 Å². The summed E-state index contributed by atoms with van der Waals surface area (Å²) in [4.78, 5) is 30.9. The van der Waals surface area contributed by atoms with Crippen molar-refractivity contribution >= 4 is 11.9 Å². The number of piperidine rings is 2. The van der Waals surface area contributed by atoms with Crippen LogP contribution in [0.25, 0.3) is 0 Å². The molecule has 2 rings (SSSR count). The van der Waals surface area contributed by atoms with E-state index >= 15 is 0 Å². The van der Waals surface area contributed by atoms with Gasteiger partial charge in [0.2, 0.25) is 0 Å². The van der Waals surface area contributed by atoms with Crippen LogP contribution in [-0.4, -0.2) is 82.4 Å². The fourth-order valence-corrected chi connectivity index (χ4v) is 11.3. The van der Waals surface area contributed by atoms with Gasteiger partial charge in [-0.25, -0.2) is 0 Å². The number of unbranched alkanes of at least 4 members (excludes halogenated alkanes) is 24. The molecule has 0 saturated carbocycles. The molecule has 0 bridgehead atoms. The van der Waals surface area contributed by atoms with Crippen molar-refractivity contribution in [2.75, 3.05) is 26.3 Å². The van der Waals surface area contributed by atoms with Crippen LogP contribution in [0.4, 0.5) is 0 Å². The standard InChI is InChI=1S/C54H104N2O5/c1-11-13-15-17-19-21-23-25-27-29-31-33-35-37-49(57)60-47-43-51(3,4)55(52(5,6)44-47)39-41-59-42-40-56-53(7,8)45-48(46-54(56,9)10)61-50(58)38-36-34-32-30-28-26-24-22-20-18-16-14-12-2/h47-48H,11-46H2,1-10H3. The second kappa shape index (κ2) is 30.9. The molecule has 2 fully saturated rings. The number of nitrogens with zero attached hydrogens (tertiary/aromatic N) is 2. The quantitative estimate of drug-likeness (QED) is 0.0459. The van der Waals surface area contributed by atoms with Crippen molar-refractivity contribution in [3.63, 3.8) is 0 Å². The van der Waals surface area contributed by atoms with Gasteiger partial charge in [-0.05, 0) is 68.2 Å². The van der Waals surface area contributed by atoms with Crippen molar-refractivity contribution in [1.29, 1.82) is 0 Å². The minimum atomic E-state index is -0.0957. The molecule has 360 valence electrons. The smallest absolute Gasteiger partial charge is 0.306 e. The number of esters is 2. The van der Waals surface area contributed by atoms with Crippen LogP contribution < -0.4 is 0 Å². The molecular formula is C54H104N2O5.